The lowest BCUT2D eigenvalue weighted by Crippen LogP contribution is -2.39. The van der Waals surface area contributed by atoms with E-state index in [0.29, 0.717) is 36.8 Å². The van der Waals surface area contributed by atoms with Crippen molar-refractivity contribution in [2.75, 3.05) is 32.3 Å². The molecule has 0 aliphatic carbocycles. The largest absolute Gasteiger partial charge is 0.494 e. The van der Waals surface area contributed by atoms with Crippen molar-refractivity contribution in [2.24, 2.45) is 0 Å². The van der Waals surface area contributed by atoms with E-state index in [1.165, 1.54) is 17.7 Å². The second-order valence-electron chi connectivity index (χ2n) is 8.12. The number of benzene rings is 2. The van der Waals surface area contributed by atoms with Gasteiger partial charge in [-0.15, -0.1) is 0 Å². The maximum absolute atomic E-state index is 12.9. The smallest absolute Gasteiger partial charge is 0.251 e. The van der Waals surface area contributed by atoms with E-state index in [1.54, 1.807) is 26.4 Å². The molecule has 0 radical (unpaired) electrons. The van der Waals surface area contributed by atoms with E-state index in [4.69, 9.17) is 14.2 Å². The minimum Gasteiger partial charge on any atom is -0.494 e. The summed E-state index contributed by atoms with van der Waals surface area (Å²) >= 11 is 0. The van der Waals surface area contributed by atoms with Gasteiger partial charge in [-0.05, 0) is 61.3 Å². The zero-order valence-electron chi connectivity index (χ0n) is 19.8. The van der Waals surface area contributed by atoms with Crippen molar-refractivity contribution >= 4 is 17.5 Å². The summed E-state index contributed by atoms with van der Waals surface area (Å²) < 4.78 is 16.4. The van der Waals surface area contributed by atoms with Gasteiger partial charge in [0.25, 0.3) is 5.91 Å². The molecule has 2 aromatic rings. The monoisotopic (exact) mass is 454 g/mol. The number of rotatable bonds is 13. The highest BCUT2D eigenvalue weighted by molar-refractivity contribution is 6.22. The van der Waals surface area contributed by atoms with Crippen LogP contribution in [0.25, 0.3) is 0 Å². The zero-order chi connectivity index (χ0) is 23.6. The standard InChI is InChI=1S/C26H34N2O5/c1-4-5-6-7-16-33-21-11-9-20(10-12-21)28-25(29)18-22(26(28)30)27-15-14-19-8-13-23(31-2)24(17-19)32-3/h8-13,17,22,27H,4-7,14-16,18H2,1-3H3/t22-/m0/s1. The van der Waals surface area contributed by atoms with E-state index in [1.807, 2.05) is 30.3 Å². The molecular formula is C26H34N2O5. The molecule has 1 saturated heterocycles. The second kappa shape index (κ2) is 12.3. The number of nitrogens with one attached hydrogen (secondary N) is 1. The van der Waals surface area contributed by atoms with Gasteiger partial charge < -0.3 is 19.5 Å². The summed E-state index contributed by atoms with van der Waals surface area (Å²) in [6, 6.07) is 12.4. The van der Waals surface area contributed by atoms with Crippen LogP contribution >= 0.6 is 0 Å². The van der Waals surface area contributed by atoms with E-state index < -0.39 is 6.04 Å². The van der Waals surface area contributed by atoms with Crippen LogP contribution in [0.1, 0.15) is 44.6 Å². The summed E-state index contributed by atoms with van der Waals surface area (Å²) in [4.78, 5) is 26.7. The Bertz CT molecular complexity index is 929. The van der Waals surface area contributed by atoms with Crippen molar-refractivity contribution in [1.82, 2.24) is 5.32 Å². The molecule has 178 valence electrons. The lowest BCUT2D eigenvalue weighted by Gasteiger charge is -2.16. The average Bonchev–Trinajstić information content (AvgIpc) is 3.12. The summed E-state index contributed by atoms with van der Waals surface area (Å²) in [7, 11) is 3.20. The number of hydrogen-bond donors (Lipinski definition) is 1. The lowest BCUT2D eigenvalue weighted by atomic mass is 10.1. The van der Waals surface area contributed by atoms with Crippen LogP contribution in [0.15, 0.2) is 42.5 Å². The van der Waals surface area contributed by atoms with E-state index >= 15 is 0 Å². The van der Waals surface area contributed by atoms with E-state index in [2.05, 4.69) is 12.2 Å². The number of imide groups is 1. The van der Waals surface area contributed by atoms with E-state index in [0.717, 1.165) is 24.2 Å². The Morgan fingerprint density at radius 2 is 1.73 bits per heavy atom. The van der Waals surface area contributed by atoms with Crippen LogP contribution in [0, 0.1) is 0 Å². The first kappa shape index (κ1) is 24.6. The molecular weight excluding hydrogens is 420 g/mol. The van der Waals surface area contributed by atoms with Crippen LogP contribution in [0.4, 0.5) is 5.69 Å². The molecule has 0 bridgehead atoms. The molecule has 1 N–H and O–H groups in total. The molecule has 2 aromatic carbocycles. The van der Waals surface area contributed by atoms with Crippen molar-refractivity contribution in [1.29, 1.82) is 0 Å². The Balaban J connectivity index is 1.51. The minimum atomic E-state index is -0.521. The number of hydrogen-bond acceptors (Lipinski definition) is 6. The maximum atomic E-state index is 12.9. The van der Waals surface area contributed by atoms with Gasteiger partial charge in [-0.2, -0.15) is 0 Å². The van der Waals surface area contributed by atoms with Crippen LogP contribution < -0.4 is 24.4 Å². The van der Waals surface area contributed by atoms with Gasteiger partial charge in [0, 0.05) is 0 Å². The van der Waals surface area contributed by atoms with Gasteiger partial charge in [-0.1, -0.05) is 32.3 Å². The highest BCUT2D eigenvalue weighted by Gasteiger charge is 2.39. The molecule has 33 heavy (non-hydrogen) atoms. The Morgan fingerprint density at radius 1 is 0.970 bits per heavy atom. The van der Waals surface area contributed by atoms with Crippen LogP contribution in [0.3, 0.4) is 0 Å². The van der Waals surface area contributed by atoms with Crippen molar-refractivity contribution in [3.05, 3.63) is 48.0 Å². The lowest BCUT2D eigenvalue weighted by molar-refractivity contribution is -0.121. The minimum absolute atomic E-state index is 0.153. The predicted molar refractivity (Wildman–Crippen MR) is 128 cm³/mol. The molecule has 0 spiro atoms. The van der Waals surface area contributed by atoms with Crippen LogP contribution in [-0.4, -0.2) is 45.2 Å². The van der Waals surface area contributed by atoms with Crippen LogP contribution in [-0.2, 0) is 16.0 Å². The third-order valence-electron chi connectivity index (χ3n) is 5.76. The maximum Gasteiger partial charge on any atom is 0.251 e. The number of unbranched alkanes of at least 4 members (excludes halogenated alkanes) is 3. The van der Waals surface area contributed by atoms with Gasteiger partial charge in [-0.3, -0.25) is 9.59 Å². The fourth-order valence-electron chi connectivity index (χ4n) is 3.90. The van der Waals surface area contributed by atoms with Gasteiger partial charge in [-0.25, -0.2) is 4.90 Å². The number of nitrogens with zero attached hydrogens (tertiary/aromatic N) is 1. The first-order chi connectivity index (χ1) is 16.1. The summed E-state index contributed by atoms with van der Waals surface area (Å²) in [5.74, 6) is 1.67. The third-order valence-corrected chi connectivity index (χ3v) is 5.76. The number of anilines is 1. The predicted octanol–water partition coefficient (Wildman–Crippen LogP) is 4.13. The number of carbonyl (C=O) groups excluding carboxylic acids is 2. The summed E-state index contributed by atoms with van der Waals surface area (Å²) in [5.41, 5.74) is 1.63. The molecule has 1 atom stereocenters. The number of carbonyl (C=O) groups is 2. The van der Waals surface area contributed by atoms with Gasteiger partial charge in [0.1, 0.15) is 5.75 Å². The Morgan fingerprint density at radius 3 is 2.42 bits per heavy atom. The molecule has 7 heteroatoms. The Kier molecular flexibility index (Phi) is 9.13. The second-order valence-corrected chi connectivity index (χ2v) is 8.12. The fourth-order valence-corrected chi connectivity index (χ4v) is 3.90. The number of methoxy groups -OCH3 is 2. The van der Waals surface area contributed by atoms with Crippen molar-refractivity contribution < 1.29 is 23.8 Å². The summed E-state index contributed by atoms with van der Waals surface area (Å²) in [6.07, 6.45) is 5.44. The molecule has 3 rings (SSSR count). The summed E-state index contributed by atoms with van der Waals surface area (Å²) in [6.45, 7) is 3.42. The quantitative estimate of drug-likeness (QED) is 0.362. The highest BCUT2D eigenvalue weighted by Crippen LogP contribution is 2.28. The average molecular weight is 455 g/mol. The van der Waals surface area contributed by atoms with Gasteiger partial charge >= 0.3 is 0 Å². The van der Waals surface area contributed by atoms with Gasteiger partial charge in [0.05, 0.1) is 39.0 Å². The molecule has 1 aliphatic rings. The molecule has 0 aromatic heterocycles. The van der Waals surface area contributed by atoms with Crippen molar-refractivity contribution in [3.63, 3.8) is 0 Å². The van der Waals surface area contributed by atoms with Crippen LogP contribution in [0.2, 0.25) is 0 Å². The first-order valence-corrected chi connectivity index (χ1v) is 11.6. The SMILES string of the molecule is CCCCCCOc1ccc(N2C(=O)C[C@H](NCCc3ccc(OC)c(OC)c3)C2=O)cc1. The molecule has 1 heterocycles. The van der Waals surface area contributed by atoms with Crippen molar-refractivity contribution in [2.45, 2.75) is 51.5 Å². The normalized spacial score (nSPS) is 15.7. The van der Waals surface area contributed by atoms with Gasteiger partial charge in [0.15, 0.2) is 11.5 Å². The van der Waals surface area contributed by atoms with Crippen LogP contribution in [0.5, 0.6) is 17.2 Å². The third kappa shape index (κ3) is 6.48. The first-order valence-electron chi connectivity index (χ1n) is 11.6. The fraction of sp³-hybridized carbons (Fsp3) is 0.462. The Hall–Kier alpha value is -3.06. The summed E-state index contributed by atoms with van der Waals surface area (Å²) in [5, 5.41) is 3.22. The molecule has 2 amide bonds. The molecule has 1 fully saturated rings. The molecule has 0 unspecified atom stereocenters. The Labute approximate surface area is 196 Å². The van der Waals surface area contributed by atoms with Crippen molar-refractivity contribution in [3.8, 4) is 17.2 Å². The molecule has 1 aliphatic heterocycles. The van der Waals surface area contributed by atoms with E-state index in [9.17, 15) is 9.59 Å². The molecule has 0 saturated carbocycles. The topological polar surface area (TPSA) is 77.1 Å². The highest BCUT2D eigenvalue weighted by atomic mass is 16.5. The number of ether oxygens (including phenoxy) is 3. The van der Waals surface area contributed by atoms with Gasteiger partial charge in [0.2, 0.25) is 5.91 Å². The van der Waals surface area contributed by atoms with E-state index in [-0.39, 0.29) is 18.2 Å². The zero-order valence-corrected chi connectivity index (χ0v) is 19.8. The molecule has 7 nitrogen and oxygen atoms in total. The number of amides is 2.